The van der Waals surface area contributed by atoms with Crippen LogP contribution in [0.15, 0.2) is 5.11 Å². The number of nitrogens with zero attached hydrogens (tertiary/aromatic N) is 3. The van der Waals surface area contributed by atoms with Crippen LogP contribution >= 0.6 is 0 Å². The van der Waals surface area contributed by atoms with Crippen LogP contribution in [0.25, 0.3) is 10.4 Å². The van der Waals surface area contributed by atoms with Crippen molar-refractivity contribution in [3.8, 4) is 0 Å². The average Bonchev–Trinajstić information content (AvgIpc) is 2.20. The molecule has 4 atom stereocenters. The molecular formula is C7H14N4O3. The van der Waals surface area contributed by atoms with Crippen molar-refractivity contribution in [3.63, 3.8) is 0 Å². The third-order valence-corrected chi connectivity index (χ3v) is 2.20. The van der Waals surface area contributed by atoms with Gasteiger partial charge < -0.3 is 20.3 Å². The summed E-state index contributed by atoms with van der Waals surface area (Å²) in [5, 5.41) is 12.9. The van der Waals surface area contributed by atoms with E-state index >= 15 is 0 Å². The van der Waals surface area contributed by atoms with Crippen LogP contribution < -0.4 is 5.73 Å². The fourth-order valence-corrected chi connectivity index (χ4v) is 1.39. The van der Waals surface area contributed by atoms with E-state index in [0.29, 0.717) is 6.42 Å². The first-order chi connectivity index (χ1) is 6.69. The minimum Gasteiger partial charge on any atom is -0.389 e. The first-order valence-corrected chi connectivity index (χ1v) is 4.31. The summed E-state index contributed by atoms with van der Waals surface area (Å²) in [6.45, 7) is 0.0607. The Morgan fingerprint density at radius 2 is 2.50 bits per heavy atom. The maximum atomic E-state index is 9.59. The van der Waals surface area contributed by atoms with Gasteiger partial charge in [0.15, 0.2) is 6.29 Å². The van der Waals surface area contributed by atoms with Gasteiger partial charge >= 0.3 is 0 Å². The van der Waals surface area contributed by atoms with Gasteiger partial charge in [0.25, 0.3) is 0 Å². The number of hydrogen-bond acceptors (Lipinski definition) is 5. The smallest absolute Gasteiger partial charge is 0.159 e. The second-order valence-corrected chi connectivity index (χ2v) is 3.14. The molecule has 1 aliphatic heterocycles. The van der Waals surface area contributed by atoms with Crippen LogP contribution in [-0.2, 0) is 9.47 Å². The first-order valence-electron chi connectivity index (χ1n) is 4.31. The molecular weight excluding hydrogens is 188 g/mol. The summed E-state index contributed by atoms with van der Waals surface area (Å²) in [5.74, 6) is 0. The van der Waals surface area contributed by atoms with Crippen LogP contribution in [0.1, 0.15) is 6.42 Å². The molecule has 0 radical (unpaired) electrons. The highest BCUT2D eigenvalue weighted by atomic mass is 16.7. The number of aliphatic hydroxyl groups excluding tert-OH is 1. The molecule has 1 heterocycles. The normalized spacial score (nSPS) is 37.6. The number of methoxy groups -OCH3 is 1. The fourth-order valence-electron chi connectivity index (χ4n) is 1.39. The predicted octanol–water partition coefficient (Wildman–Crippen LogP) is -0.254. The van der Waals surface area contributed by atoms with Crippen molar-refractivity contribution in [1.29, 1.82) is 0 Å². The second-order valence-electron chi connectivity index (χ2n) is 3.14. The number of azide groups is 1. The van der Waals surface area contributed by atoms with Crippen LogP contribution in [0.2, 0.25) is 0 Å². The standard InChI is InChI=1S/C7H14N4O3/c1-13-6-2-4(8)7(12)5(14-6)3-10-11-9/h4-7,12H,2-3,8H2,1H3. The molecule has 0 bridgehead atoms. The van der Waals surface area contributed by atoms with Crippen molar-refractivity contribution >= 4 is 0 Å². The van der Waals surface area contributed by atoms with Gasteiger partial charge in [-0.15, -0.1) is 0 Å². The largest absolute Gasteiger partial charge is 0.389 e. The number of rotatable bonds is 3. The van der Waals surface area contributed by atoms with Crippen molar-refractivity contribution in [2.45, 2.75) is 31.0 Å². The molecule has 0 saturated carbocycles. The average molecular weight is 202 g/mol. The van der Waals surface area contributed by atoms with Crippen LogP contribution in [-0.4, -0.2) is 43.3 Å². The van der Waals surface area contributed by atoms with E-state index in [4.69, 9.17) is 20.7 Å². The molecule has 0 aliphatic carbocycles. The lowest BCUT2D eigenvalue weighted by Gasteiger charge is -2.36. The topological polar surface area (TPSA) is 113 Å². The van der Waals surface area contributed by atoms with E-state index in [-0.39, 0.29) is 6.54 Å². The lowest BCUT2D eigenvalue weighted by Crippen LogP contribution is -2.53. The molecule has 1 rings (SSSR count). The van der Waals surface area contributed by atoms with Crippen molar-refractivity contribution in [1.82, 2.24) is 0 Å². The molecule has 14 heavy (non-hydrogen) atoms. The summed E-state index contributed by atoms with van der Waals surface area (Å²) in [5.41, 5.74) is 13.8. The summed E-state index contributed by atoms with van der Waals surface area (Å²) in [7, 11) is 1.50. The Hall–Kier alpha value is -0.850. The van der Waals surface area contributed by atoms with E-state index in [9.17, 15) is 5.11 Å². The lowest BCUT2D eigenvalue weighted by molar-refractivity contribution is -0.213. The molecule has 1 saturated heterocycles. The predicted molar refractivity (Wildman–Crippen MR) is 48.3 cm³/mol. The van der Waals surface area contributed by atoms with Crippen LogP contribution in [0.3, 0.4) is 0 Å². The van der Waals surface area contributed by atoms with E-state index < -0.39 is 24.5 Å². The minimum atomic E-state index is -0.813. The van der Waals surface area contributed by atoms with E-state index in [1.165, 1.54) is 7.11 Å². The Kier molecular flexibility index (Phi) is 4.12. The SMILES string of the molecule is COC1CC(N)C(O)C(CN=[N+]=[N-])O1. The molecule has 0 spiro atoms. The van der Waals surface area contributed by atoms with E-state index in [1.54, 1.807) is 0 Å². The zero-order valence-corrected chi connectivity index (χ0v) is 7.91. The molecule has 0 amide bonds. The molecule has 3 N–H and O–H groups in total. The molecule has 7 heteroatoms. The third-order valence-electron chi connectivity index (χ3n) is 2.20. The summed E-state index contributed by atoms with van der Waals surface area (Å²) in [4.78, 5) is 2.59. The number of aliphatic hydroxyl groups is 1. The third kappa shape index (κ3) is 2.57. The van der Waals surface area contributed by atoms with Crippen LogP contribution in [0.5, 0.6) is 0 Å². The Balaban J connectivity index is 2.57. The molecule has 0 aromatic heterocycles. The fraction of sp³-hybridized carbons (Fsp3) is 1.00. The van der Waals surface area contributed by atoms with Gasteiger partial charge in [-0.25, -0.2) is 0 Å². The Labute approximate surface area is 81.4 Å². The van der Waals surface area contributed by atoms with Gasteiger partial charge in [0.05, 0.1) is 18.8 Å². The van der Waals surface area contributed by atoms with Gasteiger partial charge in [0.1, 0.15) is 0 Å². The molecule has 7 nitrogen and oxygen atoms in total. The molecule has 4 unspecified atom stereocenters. The van der Waals surface area contributed by atoms with Crippen molar-refractivity contribution < 1.29 is 14.6 Å². The number of ether oxygens (including phenoxy) is 2. The Morgan fingerprint density at radius 3 is 3.07 bits per heavy atom. The van der Waals surface area contributed by atoms with Gasteiger partial charge in [-0.3, -0.25) is 0 Å². The quantitative estimate of drug-likeness (QED) is 0.373. The lowest BCUT2D eigenvalue weighted by atomic mass is 10.00. The van der Waals surface area contributed by atoms with Crippen LogP contribution in [0, 0.1) is 0 Å². The highest BCUT2D eigenvalue weighted by Gasteiger charge is 2.35. The van der Waals surface area contributed by atoms with E-state index in [1.807, 2.05) is 0 Å². The molecule has 0 aromatic carbocycles. The van der Waals surface area contributed by atoms with Gasteiger partial charge in [-0.05, 0) is 5.53 Å². The molecule has 1 fully saturated rings. The Morgan fingerprint density at radius 1 is 1.79 bits per heavy atom. The van der Waals surface area contributed by atoms with Gasteiger partial charge in [-0.2, -0.15) is 0 Å². The van der Waals surface area contributed by atoms with Gasteiger partial charge in [0, 0.05) is 24.5 Å². The molecule has 1 aliphatic rings. The maximum absolute atomic E-state index is 9.59. The zero-order chi connectivity index (χ0) is 10.6. The summed E-state index contributed by atoms with van der Waals surface area (Å²) in [6, 6.07) is -0.410. The highest BCUT2D eigenvalue weighted by Crippen LogP contribution is 2.19. The zero-order valence-electron chi connectivity index (χ0n) is 7.91. The van der Waals surface area contributed by atoms with E-state index in [2.05, 4.69) is 10.0 Å². The summed E-state index contributed by atoms with van der Waals surface area (Å²) < 4.78 is 10.3. The number of hydrogen-bond donors (Lipinski definition) is 2. The van der Waals surface area contributed by atoms with Crippen molar-refractivity contribution in [2.75, 3.05) is 13.7 Å². The maximum Gasteiger partial charge on any atom is 0.159 e. The first kappa shape index (κ1) is 11.2. The minimum absolute atomic E-state index is 0.0607. The van der Waals surface area contributed by atoms with Gasteiger partial charge in [0.2, 0.25) is 0 Å². The van der Waals surface area contributed by atoms with Gasteiger partial charge in [-0.1, -0.05) is 5.11 Å². The number of nitrogens with two attached hydrogens (primary N) is 1. The van der Waals surface area contributed by atoms with Crippen LogP contribution in [0.4, 0.5) is 0 Å². The molecule has 80 valence electrons. The highest BCUT2D eigenvalue weighted by molar-refractivity contribution is 4.86. The monoisotopic (exact) mass is 202 g/mol. The molecule has 0 aromatic rings. The summed E-state index contributed by atoms with van der Waals surface area (Å²) >= 11 is 0. The Bertz CT molecular complexity index is 231. The van der Waals surface area contributed by atoms with E-state index in [0.717, 1.165) is 0 Å². The van der Waals surface area contributed by atoms with Crippen molar-refractivity contribution in [3.05, 3.63) is 10.4 Å². The summed E-state index contributed by atoms with van der Waals surface area (Å²) in [6.07, 6.45) is -1.40. The van der Waals surface area contributed by atoms with Crippen molar-refractivity contribution in [2.24, 2.45) is 10.8 Å². The second kappa shape index (κ2) is 5.14.